The monoisotopic (exact) mass is 363 g/mol. The topological polar surface area (TPSA) is 56.1 Å². The van der Waals surface area contributed by atoms with Gasteiger partial charge < -0.3 is 10.1 Å². The van der Waals surface area contributed by atoms with E-state index in [0.29, 0.717) is 6.54 Å². The summed E-state index contributed by atoms with van der Waals surface area (Å²) in [5.41, 5.74) is -0.626. The molecule has 1 aromatic heterocycles. The van der Waals surface area contributed by atoms with Crippen molar-refractivity contribution in [3.63, 3.8) is 0 Å². The number of carbonyl (C=O) groups is 1. The van der Waals surface area contributed by atoms with Crippen molar-refractivity contribution in [2.45, 2.75) is 51.3 Å². The van der Waals surface area contributed by atoms with E-state index in [4.69, 9.17) is 4.74 Å². The van der Waals surface area contributed by atoms with Crippen molar-refractivity contribution in [2.24, 2.45) is 0 Å². The lowest BCUT2D eigenvalue weighted by atomic mass is 10.2. The molecule has 1 fully saturated rings. The number of amides is 1. The second kappa shape index (κ2) is 4.71. The first-order chi connectivity index (χ1) is 8.28. The number of ether oxygens (including phenoxy) is 1. The van der Waals surface area contributed by atoms with E-state index >= 15 is 0 Å². The van der Waals surface area contributed by atoms with Crippen molar-refractivity contribution < 1.29 is 9.53 Å². The van der Waals surface area contributed by atoms with Crippen molar-refractivity contribution >= 4 is 28.7 Å². The Hall–Kier alpha value is -0.790. The minimum Gasteiger partial charge on any atom is -0.444 e. The SMILES string of the molecule is CC(C)(C)OC(=O)NC1(Cn2cc(I)cn2)CC1. The van der Waals surface area contributed by atoms with E-state index in [9.17, 15) is 4.79 Å². The maximum Gasteiger partial charge on any atom is 0.408 e. The molecular formula is C12H18IN3O2. The van der Waals surface area contributed by atoms with Crippen molar-refractivity contribution in [3.8, 4) is 0 Å². The molecule has 1 saturated carbocycles. The van der Waals surface area contributed by atoms with E-state index in [0.717, 1.165) is 16.4 Å². The van der Waals surface area contributed by atoms with Crippen LogP contribution in [0, 0.1) is 3.57 Å². The van der Waals surface area contributed by atoms with Crippen LogP contribution in [-0.4, -0.2) is 27.0 Å². The predicted octanol–water partition coefficient (Wildman–Crippen LogP) is 2.55. The second-order valence-corrected chi connectivity index (χ2v) is 7.01. The minimum absolute atomic E-state index is 0.169. The van der Waals surface area contributed by atoms with Gasteiger partial charge in [0, 0.05) is 6.20 Å². The van der Waals surface area contributed by atoms with Crippen molar-refractivity contribution in [3.05, 3.63) is 16.0 Å². The summed E-state index contributed by atoms with van der Waals surface area (Å²) < 4.78 is 8.24. The van der Waals surface area contributed by atoms with Gasteiger partial charge in [0.2, 0.25) is 0 Å². The summed E-state index contributed by atoms with van der Waals surface area (Å²) in [6.45, 7) is 6.29. The molecule has 0 unspecified atom stereocenters. The third kappa shape index (κ3) is 3.86. The smallest absolute Gasteiger partial charge is 0.408 e. The molecule has 0 bridgehead atoms. The van der Waals surface area contributed by atoms with Crippen LogP contribution >= 0.6 is 22.6 Å². The number of alkyl carbamates (subject to hydrolysis) is 1. The van der Waals surface area contributed by atoms with Crippen molar-refractivity contribution in [2.75, 3.05) is 0 Å². The molecule has 1 aliphatic carbocycles. The van der Waals surface area contributed by atoms with Gasteiger partial charge in [-0.2, -0.15) is 5.10 Å². The van der Waals surface area contributed by atoms with Crippen LogP contribution in [0.1, 0.15) is 33.6 Å². The summed E-state index contributed by atoms with van der Waals surface area (Å²) in [5.74, 6) is 0. The van der Waals surface area contributed by atoms with E-state index in [1.165, 1.54) is 0 Å². The van der Waals surface area contributed by atoms with Crippen molar-refractivity contribution in [1.29, 1.82) is 0 Å². The third-order valence-corrected chi connectivity index (χ3v) is 3.24. The molecule has 1 aromatic rings. The molecule has 100 valence electrons. The van der Waals surface area contributed by atoms with Crippen LogP contribution in [0.5, 0.6) is 0 Å². The third-order valence-electron chi connectivity index (χ3n) is 2.69. The molecule has 0 aliphatic heterocycles. The van der Waals surface area contributed by atoms with Crippen LogP contribution in [0.2, 0.25) is 0 Å². The summed E-state index contributed by atoms with van der Waals surface area (Å²) >= 11 is 2.22. The zero-order chi connectivity index (χ0) is 13.4. The fraction of sp³-hybridized carbons (Fsp3) is 0.667. The van der Waals surface area contributed by atoms with E-state index < -0.39 is 5.60 Å². The molecule has 2 rings (SSSR count). The van der Waals surface area contributed by atoms with E-state index in [2.05, 4.69) is 33.0 Å². The standard InChI is InChI=1S/C12H18IN3O2/c1-11(2,3)18-10(17)15-12(4-5-12)8-16-7-9(13)6-14-16/h6-7H,4-5,8H2,1-3H3,(H,15,17). The first-order valence-corrected chi connectivity index (χ1v) is 7.05. The normalized spacial score (nSPS) is 17.3. The van der Waals surface area contributed by atoms with Gasteiger partial charge in [-0.1, -0.05) is 0 Å². The predicted molar refractivity (Wildman–Crippen MR) is 76.3 cm³/mol. The summed E-state index contributed by atoms with van der Waals surface area (Å²) in [6, 6.07) is 0. The quantitative estimate of drug-likeness (QED) is 0.840. The Balaban J connectivity index is 1.90. The Morgan fingerprint density at radius 2 is 2.28 bits per heavy atom. The van der Waals surface area contributed by atoms with Gasteiger partial charge in [-0.05, 0) is 56.2 Å². The summed E-state index contributed by atoms with van der Waals surface area (Å²) in [7, 11) is 0. The number of nitrogens with one attached hydrogen (secondary N) is 1. The van der Waals surface area contributed by atoms with Crippen LogP contribution in [0.25, 0.3) is 0 Å². The van der Waals surface area contributed by atoms with Gasteiger partial charge in [0.25, 0.3) is 0 Å². The molecule has 1 aliphatic rings. The highest BCUT2D eigenvalue weighted by molar-refractivity contribution is 14.1. The van der Waals surface area contributed by atoms with Gasteiger partial charge in [0.15, 0.2) is 0 Å². The lowest BCUT2D eigenvalue weighted by Crippen LogP contribution is -2.43. The van der Waals surface area contributed by atoms with Gasteiger partial charge in [-0.15, -0.1) is 0 Å². The molecule has 0 radical (unpaired) electrons. The molecule has 5 nitrogen and oxygen atoms in total. The molecule has 0 atom stereocenters. The number of hydrogen-bond donors (Lipinski definition) is 1. The average Bonchev–Trinajstić information content (AvgIpc) is 2.78. The number of halogens is 1. The first-order valence-electron chi connectivity index (χ1n) is 5.97. The van der Waals surface area contributed by atoms with Crippen LogP contribution in [0.4, 0.5) is 4.79 Å². The van der Waals surface area contributed by atoms with Crippen LogP contribution in [-0.2, 0) is 11.3 Å². The van der Waals surface area contributed by atoms with Crippen LogP contribution in [0.15, 0.2) is 12.4 Å². The molecule has 18 heavy (non-hydrogen) atoms. The molecular weight excluding hydrogens is 345 g/mol. The average molecular weight is 363 g/mol. The molecule has 1 heterocycles. The highest BCUT2D eigenvalue weighted by Gasteiger charge is 2.45. The highest BCUT2D eigenvalue weighted by atomic mass is 127. The Labute approximate surface area is 120 Å². The minimum atomic E-state index is -0.457. The van der Waals surface area contributed by atoms with Gasteiger partial charge >= 0.3 is 6.09 Å². The van der Waals surface area contributed by atoms with E-state index in [1.807, 2.05) is 37.8 Å². The molecule has 0 aromatic carbocycles. The van der Waals surface area contributed by atoms with Gasteiger partial charge in [0.05, 0.1) is 21.9 Å². The van der Waals surface area contributed by atoms with Crippen molar-refractivity contribution in [1.82, 2.24) is 15.1 Å². The molecule has 1 amide bonds. The summed E-state index contributed by atoms with van der Waals surface area (Å²) in [6.07, 6.45) is 5.38. The summed E-state index contributed by atoms with van der Waals surface area (Å²) in [4.78, 5) is 11.7. The molecule has 1 N–H and O–H groups in total. The molecule has 0 saturated heterocycles. The zero-order valence-corrected chi connectivity index (χ0v) is 13.0. The Kier molecular flexibility index (Phi) is 3.57. The molecule has 0 spiro atoms. The number of rotatable bonds is 3. The Morgan fingerprint density at radius 1 is 1.61 bits per heavy atom. The first kappa shape index (κ1) is 13.6. The number of aromatic nitrogens is 2. The van der Waals surface area contributed by atoms with Gasteiger partial charge in [0.1, 0.15) is 5.60 Å². The number of carbonyl (C=O) groups excluding carboxylic acids is 1. The van der Waals surface area contributed by atoms with E-state index in [-0.39, 0.29) is 11.6 Å². The fourth-order valence-electron chi connectivity index (χ4n) is 1.73. The van der Waals surface area contributed by atoms with Gasteiger partial charge in [-0.25, -0.2) is 4.79 Å². The largest absolute Gasteiger partial charge is 0.444 e. The van der Waals surface area contributed by atoms with Crippen LogP contribution < -0.4 is 5.32 Å². The Bertz CT molecular complexity index is 446. The van der Waals surface area contributed by atoms with Crippen LogP contribution in [0.3, 0.4) is 0 Å². The number of hydrogen-bond acceptors (Lipinski definition) is 3. The summed E-state index contributed by atoms with van der Waals surface area (Å²) in [5, 5.41) is 7.20. The Morgan fingerprint density at radius 3 is 2.72 bits per heavy atom. The fourth-order valence-corrected chi connectivity index (χ4v) is 2.17. The second-order valence-electron chi connectivity index (χ2n) is 5.76. The zero-order valence-electron chi connectivity index (χ0n) is 10.9. The molecule has 6 heteroatoms. The maximum absolute atomic E-state index is 11.7. The van der Waals surface area contributed by atoms with Gasteiger partial charge in [-0.3, -0.25) is 4.68 Å². The van der Waals surface area contributed by atoms with E-state index in [1.54, 1.807) is 0 Å². The lowest BCUT2D eigenvalue weighted by Gasteiger charge is -2.23. The maximum atomic E-state index is 11.7. The lowest BCUT2D eigenvalue weighted by molar-refractivity contribution is 0.0489. The highest BCUT2D eigenvalue weighted by Crippen LogP contribution is 2.37. The number of nitrogens with zero attached hydrogens (tertiary/aromatic N) is 2.